The number of hydrogen-bond acceptors (Lipinski definition) is 4. The van der Waals surface area contributed by atoms with E-state index in [9.17, 15) is 14.9 Å². The molecule has 20 heavy (non-hydrogen) atoms. The number of nitro benzene ring substituents is 1. The van der Waals surface area contributed by atoms with E-state index >= 15 is 0 Å². The van der Waals surface area contributed by atoms with E-state index in [1.165, 1.54) is 18.2 Å². The molecule has 0 aromatic heterocycles. The van der Waals surface area contributed by atoms with Crippen LogP contribution < -0.4 is 11.1 Å². The average Bonchev–Trinajstić information content (AvgIpc) is 2.39. The molecule has 0 bridgehead atoms. The van der Waals surface area contributed by atoms with E-state index in [4.69, 9.17) is 5.73 Å². The number of nitrogens with zero attached hydrogens (tertiary/aromatic N) is 1. The summed E-state index contributed by atoms with van der Waals surface area (Å²) in [5.41, 5.74) is 5.71. The van der Waals surface area contributed by atoms with E-state index in [0.29, 0.717) is 11.6 Å². The summed E-state index contributed by atoms with van der Waals surface area (Å²) in [6.07, 6.45) is 1.88. The monoisotopic (exact) mass is 279 g/mol. The third kappa shape index (κ3) is 3.69. The number of hydrogen-bond donors (Lipinski definition) is 2. The van der Waals surface area contributed by atoms with Crippen LogP contribution in [0.5, 0.6) is 0 Å². The minimum Gasteiger partial charge on any atom is -0.399 e. The smallest absolute Gasteiger partial charge is 0.282 e. The normalized spacial score (nSPS) is 12.2. The standard InChI is InChI=1S/C14H21N3O3/c1-4-10(5-2)9(3)16-14(18)12-8-11(15)6-7-13(12)17(19)20/h6-10H,4-5,15H2,1-3H3,(H,16,18). The Morgan fingerprint density at radius 3 is 2.50 bits per heavy atom. The molecule has 1 amide bonds. The molecule has 0 aliphatic rings. The molecule has 0 radical (unpaired) electrons. The molecule has 0 fully saturated rings. The third-order valence-electron chi connectivity index (χ3n) is 3.58. The molecule has 110 valence electrons. The summed E-state index contributed by atoms with van der Waals surface area (Å²) >= 11 is 0. The van der Waals surface area contributed by atoms with Crippen LogP contribution in [0.25, 0.3) is 0 Å². The first-order valence-electron chi connectivity index (χ1n) is 6.75. The molecule has 1 unspecified atom stereocenters. The van der Waals surface area contributed by atoms with Crippen LogP contribution in [-0.4, -0.2) is 16.9 Å². The highest BCUT2D eigenvalue weighted by Crippen LogP contribution is 2.22. The Hall–Kier alpha value is -2.11. The van der Waals surface area contributed by atoms with Crippen molar-refractivity contribution in [2.75, 3.05) is 5.73 Å². The lowest BCUT2D eigenvalue weighted by Crippen LogP contribution is -2.38. The highest BCUT2D eigenvalue weighted by atomic mass is 16.6. The molecule has 3 N–H and O–H groups in total. The van der Waals surface area contributed by atoms with Crippen molar-refractivity contribution in [1.29, 1.82) is 0 Å². The summed E-state index contributed by atoms with van der Waals surface area (Å²) in [5, 5.41) is 13.8. The minimum atomic E-state index is -0.573. The van der Waals surface area contributed by atoms with E-state index in [0.717, 1.165) is 12.8 Å². The van der Waals surface area contributed by atoms with Gasteiger partial charge in [-0.3, -0.25) is 14.9 Å². The van der Waals surface area contributed by atoms with Crippen LogP contribution >= 0.6 is 0 Å². The van der Waals surface area contributed by atoms with Crippen LogP contribution in [0.3, 0.4) is 0 Å². The van der Waals surface area contributed by atoms with Crippen LogP contribution in [0.15, 0.2) is 18.2 Å². The fraction of sp³-hybridized carbons (Fsp3) is 0.500. The summed E-state index contributed by atoms with van der Waals surface area (Å²) in [5.74, 6) is -0.109. The summed E-state index contributed by atoms with van der Waals surface area (Å²) in [6, 6.07) is 3.97. The maximum Gasteiger partial charge on any atom is 0.282 e. The second-order valence-corrected chi connectivity index (χ2v) is 4.87. The van der Waals surface area contributed by atoms with E-state index in [1.54, 1.807) is 0 Å². The van der Waals surface area contributed by atoms with Gasteiger partial charge in [-0.1, -0.05) is 26.7 Å². The highest BCUT2D eigenvalue weighted by Gasteiger charge is 2.23. The van der Waals surface area contributed by atoms with Crippen LogP contribution in [0, 0.1) is 16.0 Å². The molecule has 0 saturated carbocycles. The number of rotatable bonds is 6. The topological polar surface area (TPSA) is 98.3 Å². The van der Waals surface area contributed by atoms with Crippen molar-refractivity contribution in [3.63, 3.8) is 0 Å². The van der Waals surface area contributed by atoms with E-state index < -0.39 is 10.8 Å². The Bertz CT molecular complexity index is 498. The number of nitrogens with one attached hydrogen (secondary N) is 1. The number of amides is 1. The average molecular weight is 279 g/mol. The minimum absolute atomic E-state index is 0.00723. The summed E-state index contributed by atoms with van der Waals surface area (Å²) < 4.78 is 0. The molecule has 6 nitrogen and oxygen atoms in total. The molecule has 0 spiro atoms. The lowest BCUT2D eigenvalue weighted by atomic mass is 9.95. The molecule has 0 heterocycles. The van der Waals surface area contributed by atoms with Gasteiger partial charge in [0.15, 0.2) is 0 Å². The third-order valence-corrected chi connectivity index (χ3v) is 3.58. The molecule has 1 aromatic carbocycles. The van der Waals surface area contributed by atoms with Crippen molar-refractivity contribution in [2.45, 2.75) is 39.7 Å². The number of benzene rings is 1. The van der Waals surface area contributed by atoms with Gasteiger partial charge in [-0.2, -0.15) is 0 Å². The Balaban J connectivity index is 2.97. The molecule has 6 heteroatoms. The van der Waals surface area contributed by atoms with Crippen LogP contribution in [0.1, 0.15) is 44.0 Å². The zero-order valence-corrected chi connectivity index (χ0v) is 12.1. The lowest BCUT2D eigenvalue weighted by molar-refractivity contribution is -0.385. The Labute approximate surface area is 118 Å². The Kier molecular flexibility index (Phi) is 5.49. The second-order valence-electron chi connectivity index (χ2n) is 4.87. The fourth-order valence-corrected chi connectivity index (χ4v) is 2.29. The number of anilines is 1. The van der Waals surface area contributed by atoms with Gasteiger partial charge in [-0.05, 0) is 25.0 Å². The summed E-state index contributed by atoms with van der Waals surface area (Å²) in [7, 11) is 0. The van der Waals surface area contributed by atoms with Gasteiger partial charge in [-0.15, -0.1) is 0 Å². The molecule has 0 aliphatic heterocycles. The van der Waals surface area contributed by atoms with Crippen LogP contribution in [0.4, 0.5) is 11.4 Å². The van der Waals surface area contributed by atoms with Gasteiger partial charge in [-0.25, -0.2) is 0 Å². The van der Waals surface area contributed by atoms with Gasteiger partial charge >= 0.3 is 0 Å². The van der Waals surface area contributed by atoms with Gasteiger partial charge in [0.05, 0.1) is 4.92 Å². The van der Waals surface area contributed by atoms with Crippen molar-refractivity contribution in [3.8, 4) is 0 Å². The number of nitrogens with two attached hydrogens (primary N) is 1. The van der Waals surface area contributed by atoms with Crippen molar-refractivity contribution >= 4 is 17.3 Å². The highest BCUT2D eigenvalue weighted by molar-refractivity contribution is 5.99. The van der Waals surface area contributed by atoms with Gasteiger partial charge in [0, 0.05) is 17.8 Å². The summed E-state index contributed by atoms with van der Waals surface area (Å²) in [6.45, 7) is 6.02. The number of carbonyl (C=O) groups is 1. The number of carbonyl (C=O) groups excluding carboxylic acids is 1. The first-order chi connectivity index (χ1) is 9.40. The maximum absolute atomic E-state index is 12.2. The Morgan fingerprint density at radius 1 is 1.40 bits per heavy atom. The lowest BCUT2D eigenvalue weighted by Gasteiger charge is -2.22. The quantitative estimate of drug-likeness (QED) is 0.475. The van der Waals surface area contributed by atoms with E-state index in [2.05, 4.69) is 19.2 Å². The molecular formula is C14H21N3O3. The Morgan fingerprint density at radius 2 is 2.00 bits per heavy atom. The van der Waals surface area contributed by atoms with Crippen molar-refractivity contribution < 1.29 is 9.72 Å². The SMILES string of the molecule is CCC(CC)C(C)NC(=O)c1cc(N)ccc1[N+](=O)[O-]. The molecule has 0 saturated heterocycles. The van der Waals surface area contributed by atoms with E-state index in [-0.39, 0.29) is 17.3 Å². The first-order valence-corrected chi connectivity index (χ1v) is 6.75. The predicted molar refractivity (Wildman–Crippen MR) is 78.5 cm³/mol. The zero-order chi connectivity index (χ0) is 15.3. The number of nitro groups is 1. The maximum atomic E-state index is 12.2. The van der Waals surface area contributed by atoms with Gasteiger partial charge < -0.3 is 11.1 Å². The van der Waals surface area contributed by atoms with Crippen molar-refractivity contribution in [2.24, 2.45) is 5.92 Å². The molecule has 1 rings (SSSR count). The van der Waals surface area contributed by atoms with Crippen LogP contribution in [-0.2, 0) is 0 Å². The predicted octanol–water partition coefficient (Wildman–Crippen LogP) is 2.73. The largest absolute Gasteiger partial charge is 0.399 e. The number of nitrogen functional groups attached to an aromatic ring is 1. The fourth-order valence-electron chi connectivity index (χ4n) is 2.29. The molecule has 1 aromatic rings. The molecule has 1 atom stereocenters. The van der Waals surface area contributed by atoms with Crippen molar-refractivity contribution in [1.82, 2.24) is 5.32 Å². The van der Waals surface area contributed by atoms with Crippen molar-refractivity contribution in [3.05, 3.63) is 33.9 Å². The van der Waals surface area contributed by atoms with Gasteiger partial charge in [0.1, 0.15) is 5.56 Å². The molecule has 0 aliphatic carbocycles. The van der Waals surface area contributed by atoms with Gasteiger partial charge in [0.25, 0.3) is 11.6 Å². The van der Waals surface area contributed by atoms with Gasteiger partial charge in [0.2, 0.25) is 0 Å². The zero-order valence-electron chi connectivity index (χ0n) is 12.1. The molecular weight excluding hydrogens is 258 g/mol. The van der Waals surface area contributed by atoms with E-state index in [1.807, 2.05) is 6.92 Å². The first kappa shape index (κ1) is 15.9. The summed E-state index contributed by atoms with van der Waals surface area (Å²) in [4.78, 5) is 22.6. The second kappa shape index (κ2) is 6.88. The van der Waals surface area contributed by atoms with Crippen LogP contribution in [0.2, 0.25) is 0 Å².